The van der Waals surface area contributed by atoms with Gasteiger partial charge >= 0.3 is 0 Å². The summed E-state index contributed by atoms with van der Waals surface area (Å²) in [5.41, 5.74) is 3.73. The minimum atomic E-state index is 0.753. The quantitative estimate of drug-likeness (QED) is 0.690. The molecule has 0 aliphatic rings. The normalized spacial score (nSPS) is 10.8. The Morgan fingerprint density at radius 3 is 2.83 bits per heavy atom. The Balaban J connectivity index is 2.31. The van der Waals surface area contributed by atoms with E-state index in [1.165, 1.54) is 0 Å². The van der Waals surface area contributed by atoms with Gasteiger partial charge in [-0.25, -0.2) is 9.50 Å². The lowest BCUT2D eigenvalue weighted by molar-refractivity contribution is 0.414. The molecular weight excluding hydrogens is 226 g/mol. The molecule has 4 heteroatoms. The number of nitrogens with zero attached hydrogens (tertiary/aromatic N) is 3. The fourth-order valence-electron chi connectivity index (χ4n) is 2.02. The Morgan fingerprint density at radius 1 is 1.11 bits per heavy atom. The standard InChI is InChI=1S/C14H13N3O/c1-10-6-7-13(18-2)14(16-10)12-5-3-4-11-8-9-15-17(11)12/h3-9H,1-2H3. The monoisotopic (exact) mass is 239 g/mol. The van der Waals surface area contributed by atoms with Crippen LogP contribution in [0.3, 0.4) is 0 Å². The van der Waals surface area contributed by atoms with Crippen molar-refractivity contribution in [2.75, 3.05) is 7.11 Å². The second-order valence-corrected chi connectivity index (χ2v) is 4.08. The fraction of sp³-hybridized carbons (Fsp3) is 0.143. The van der Waals surface area contributed by atoms with E-state index in [1.807, 2.05) is 47.8 Å². The van der Waals surface area contributed by atoms with Crippen LogP contribution in [0.1, 0.15) is 5.69 Å². The zero-order valence-corrected chi connectivity index (χ0v) is 10.3. The highest BCUT2D eigenvalue weighted by atomic mass is 16.5. The van der Waals surface area contributed by atoms with Gasteiger partial charge in [0.2, 0.25) is 0 Å². The highest BCUT2D eigenvalue weighted by Gasteiger charge is 2.11. The van der Waals surface area contributed by atoms with E-state index in [2.05, 4.69) is 10.1 Å². The maximum Gasteiger partial charge on any atom is 0.146 e. The molecule has 3 aromatic rings. The molecule has 0 bridgehead atoms. The van der Waals surface area contributed by atoms with Crippen molar-refractivity contribution in [2.45, 2.75) is 6.92 Å². The van der Waals surface area contributed by atoms with Crippen molar-refractivity contribution in [2.24, 2.45) is 0 Å². The number of ether oxygens (including phenoxy) is 1. The van der Waals surface area contributed by atoms with Crippen molar-refractivity contribution in [1.82, 2.24) is 14.6 Å². The van der Waals surface area contributed by atoms with Crippen LogP contribution in [0.4, 0.5) is 0 Å². The van der Waals surface area contributed by atoms with E-state index >= 15 is 0 Å². The van der Waals surface area contributed by atoms with Crippen LogP contribution in [0.5, 0.6) is 5.75 Å². The van der Waals surface area contributed by atoms with Gasteiger partial charge in [-0.15, -0.1) is 0 Å². The molecule has 0 unspecified atom stereocenters. The molecule has 0 saturated heterocycles. The minimum absolute atomic E-state index is 0.753. The number of methoxy groups -OCH3 is 1. The summed E-state index contributed by atoms with van der Waals surface area (Å²) in [6, 6.07) is 11.8. The summed E-state index contributed by atoms with van der Waals surface area (Å²) in [5, 5.41) is 4.32. The third-order valence-corrected chi connectivity index (χ3v) is 2.88. The van der Waals surface area contributed by atoms with Crippen LogP contribution < -0.4 is 4.74 Å². The van der Waals surface area contributed by atoms with Crippen LogP contribution in [0.2, 0.25) is 0 Å². The lowest BCUT2D eigenvalue weighted by atomic mass is 10.2. The molecular formula is C14H13N3O. The second-order valence-electron chi connectivity index (χ2n) is 4.08. The van der Waals surface area contributed by atoms with E-state index in [9.17, 15) is 0 Å². The van der Waals surface area contributed by atoms with Crippen LogP contribution in [-0.4, -0.2) is 21.7 Å². The van der Waals surface area contributed by atoms with Crippen molar-refractivity contribution in [1.29, 1.82) is 0 Å². The molecule has 0 atom stereocenters. The molecule has 0 N–H and O–H groups in total. The molecule has 4 nitrogen and oxygen atoms in total. The van der Waals surface area contributed by atoms with E-state index in [0.717, 1.165) is 28.3 Å². The van der Waals surface area contributed by atoms with Crippen LogP contribution in [0.15, 0.2) is 42.6 Å². The topological polar surface area (TPSA) is 39.4 Å². The largest absolute Gasteiger partial charge is 0.494 e. The number of fused-ring (bicyclic) bond motifs is 1. The number of aryl methyl sites for hydroxylation is 1. The van der Waals surface area contributed by atoms with E-state index in [1.54, 1.807) is 13.3 Å². The Hall–Kier alpha value is -2.36. The van der Waals surface area contributed by atoms with Crippen LogP contribution >= 0.6 is 0 Å². The zero-order chi connectivity index (χ0) is 12.5. The molecule has 3 aromatic heterocycles. The molecule has 90 valence electrons. The van der Waals surface area contributed by atoms with Gasteiger partial charge in [0, 0.05) is 5.69 Å². The molecule has 3 rings (SSSR count). The zero-order valence-electron chi connectivity index (χ0n) is 10.3. The number of pyridine rings is 2. The number of rotatable bonds is 2. The lowest BCUT2D eigenvalue weighted by Crippen LogP contribution is -1.99. The average Bonchev–Trinajstić information content (AvgIpc) is 2.86. The predicted octanol–water partition coefficient (Wildman–Crippen LogP) is 2.71. The van der Waals surface area contributed by atoms with Crippen molar-refractivity contribution in [3.05, 3.63) is 48.3 Å². The lowest BCUT2D eigenvalue weighted by Gasteiger charge is -2.09. The molecule has 0 fully saturated rings. The third kappa shape index (κ3) is 1.62. The molecule has 3 heterocycles. The second kappa shape index (κ2) is 4.14. The predicted molar refractivity (Wildman–Crippen MR) is 69.7 cm³/mol. The first-order chi connectivity index (χ1) is 8.79. The Labute approximate surface area is 105 Å². The summed E-state index contributed by atoms with van der Waals surface area (Å²) in [7, 11) is 1.65. The molecule has 0 aliphatic carbocycles. The van der Waals surface area contributed by atoms with Gasteiger partial charge in [-0.1, -0.05) is 6.07 Å². The maximum absolute atomic E-state index is 5.38. The fourth-order valence-corrected chi connectivity index (χ4v) is 2.02. The van der Waals surface area contributed by atoms with Crippen molar-refractivity contribution < 1.29 is 4.74 Å². The van der Waals surface area contributed by atoms with Gasteiger partial charge < -0.3 is 4.74 Å². The maximum atomic E-state index is 5.38. The number of hydrogen-bond donors (Lipinski definition) is 0. The summed E-state index contributed by atoms with van der Waals surface area (Å²) in [6.45, 7) is 1.96. The Kier molecular flexibility index (Phi) is 2.48. The summed E-state index contributed by atoms with van der Waals surface area (Å²) in [6.07, 6.45) is 1.78. The molecule has 18 heavy (non-hydrogen) atoms. The van der Waals surface area contributed by atoms with Gasteiger partial charge in [0.05, 0.1) is 24.5 Å². The van der Waals surface area contributed by atoms with Gasteiger partial charge in [-0.2, -0.15) is 5.10 Å². The van der Waals surface area contributed by atoms with Crippen LogP contribution in [-0.2, 0) is 0 Å². The molecule has 0 radical (unpaired) electrons. The highest BCUT2D eigenvalue weighted by molar-refractivity contribution is 5.66. The molecule has 0 aliphatic heterocycles. The van der Waals surface area contributed by atoms with Gasteiger partial charge in [-0.3, -0.25) is 0 Å². The SMILES string of the molecule is COc1ccc(C)nc1-c1cccc2ccnn12. The summed E-state index contributed by atoms with van der Waals surface area (Å²) >= 11 is 0. The van der Waals surface area contributed by atoms with Crippen molar-refractivity contribution in [3.8, 4) is 17.1 Å². The smallest absolute Gasteiger partial charge is 0.146 e. The minimum Gasteiger partial charge on any atom is -0.494 e. The Bertz CT molecular complexity index is 703. The molecule has 0 spiro atoms. The van der Waals surface area contributed by atoms with E-state index in [-0.39, 0.29) is 0 Å². The number of hydrogen-bond acceptors (Lipinski definition) is 3. The summed E-state index contributed by atoms with van der Waals surface area (Å²) < 4.78 is 7.24. The highest BCUT2D eigenvalue weighted by Crippen LogP contribution is 2.28. The molecule has 0 aromatic carbocycles. The van der Waals surface area contributed by atoms with Crippen molar-refractivity contribution in [3.63, 3.8) is 0 Å². The van der Waals surface area contributed by atoms with Crippen LogP contribution in [0, 0.1) is 6.92 Å². The van der Waals surface area contributed by atoms with Gasteiger partial charge in [0.1, 0.15) is 11.4 Å². The Morgan fingerprint density at radius 2 is 2.00 bits per heavy atom. The number of aromatic nitrogens is 3. The van der Waals surface area contributed by atoms with Crippen molar-refractivity contribution >= 4 is 5.52 Å². The van der Waals surface area contributed by atoms with Gasteiger partial charge in [0.25, 0.3) is 0 Å². The summed E-state index contributed by atoms with van der Waals surface area (Å²) in [5.74, 6) is 0.753. The van der Waals surface area contributed by atoms with Gasteiger partial charge in [-0.05, 0) is 37.3 Å². The van der Waals surface area contributed by atoms with E-state index in [0.29, 0.717) is 0 Å². The molecule has 0 saturated carbocycles. The van der Waals surface area contributed by atoms with Gasteiger partial charge in [0.15, 0.2) is 0 Å². The summed E-state index contributed by atoms with van der Waals surface area (Å²) in [4.78, 5) is 4.56. The average molecular weight is 239 g/mol. The van der Waals surface area contributed by atoms with E-state index < -0.39 is 0 Å². The molecule has 0 amide bonds. The first kappa shape index (κ1) is 10.8. The van der Waals surface area contributed by atoms with E-state index in [4.69, 9.17) is 4.74 Å². The first-order valence-electron chi connectivity index (χ1n) is 5.74. The van der Waals surface area contributed by atoms with Crippen LogP contribution in [0.25, 0.3) is 16.9 Å². The first-order valence-corrected chi connectivity index (χ1v) is 5.74. The third-order valence-electron chi connectivity index (χ3n) is 2.88.